The summed E-state index contributed by atoms with van der Waals surface area (Å²) in [5.74, 6) is 0.808. The predicted molar refractivity (Wildman–Crippen MR) is 85.4 cm³/mol. The highest BCUT2D eigenvalue weighted by Gasteiger charge is 2.33. The number of amides is 1. The first-order valence-electron chi connectivity index (χ1n) is 7.31. The van der Waals surface area contributed by atoms with Crippen molar-refractivity contribution >= 4 is 21.8 Å². The van der Waals surface area contributed by atoms with E-state index in [1.165, 1.54) is 5.56 Å². The summed E-state index contributed by atoms with van der Waals surface area (Å²) in [6, 6.07) is 8.28. The summed E-state index contributed by atoms with van der Waals surface area (Å²) in [4.78, 5) is 14.3. The number of halogens is 1. The largest absolute Gasteiger partial charge is 0.345 e. The zero-order chi connectivity index (χ0) is 14.5. The van der Waals surface area contributed by atoms with Crippen LogP contribution in [0.15, 0.2) is 28.7 Å². The van der Waals surface area contributed by atoms with Gasteiger partial charge in [-0.05, 0) is 49.4 Å². The van der Waals surface area contributed by atoms with Gasteiger partial charge in [0.05, 0.1) is 0 Å². The first-order valence-corrected chi connectivity index (χ1v) is 8.10. The van der Waals surface area contributed by atoms with Crippen molar-refractivity contribution in [1.29, 1.82) is 0 Å². The number of rotatable bonds is 5. The molecule has 2 N–H and O–H groups in total. The fourth-order valence-electron chi connectivity index (χ4n) is 2.99. The molecule has 0 aromatic heterocycles. The van der Waals surface area contributed by atoms with E-state index < -0.39 is 0 Å². The minimum absolute atomic E-state index is 0.148. The molecule has 0 heterocycles. The molecule has 1 aliphatic carbocycles. The number of hydrogen-bond donors (Lipinski definition) is 1. The van der Waals surface area contributed by atoms with Gasteiger partial charge in [-0.3, -0.25) is 4.79 Å². The lowest BCUT2D eigenvalue weighted by Gasteiger charge is -2.24. The van der Waals surface area contributed by atoms with E-state index in [0.717, 1.165) is 36.7 Å². The van der Waals surface area contributed by atoms with Crippen LogP contribution in [0.1, 0.15) is 24.8 Å². The number of hydrogen-bond acceptors (Lipinski definition) is 2. The Hall–Kier alpha value is -0.870. The van der Waals surface area contributed by atoms with Crippen LogP contribution in [0.5, 0.6) is 0 Å². The van der Waals surface area contributed by atoms with E-state index in [4.69, 9.17) is 5.73 Å². The van der Waals surface area contributed by atoms with Crippen molar-refractivity contribution < 1.29 is 4.79 Å². The number of likely N-dealkylation sites (N-methyl/N-ethyl adjacent to an activating group) is 1. The molecule has 0 aliphatic heterocycles. The SMILES string of the molecule is CN(CCc1ccc(Br)cc1)C(=O)[C@@H]1CCC[C@@H]1CN. The molecule has 1 aliphatic rings. The maximum atomic E-state index is 12.5. The maximum Gasteiger partial charge on any atom is 0.225 e. The fourth-order valence-corrected chi connectivity index (χ4v) is 3.25. The number of carbonyl (C=O) groups excluding carboxylic acids is 1. The molecule has 2 rings (SSSR count). The molecule has 1 aromatic carbocycles. The van der Waals surface area contributed by atoms with Crippen molar-refractivity contribution in [3.8, 4) is 0 Å². The lowest BCUT2D eigenvalue weighted by atomic mass is 9.95. The van der Waals surface area contributed by atoms with Crippen LogP contribution in [-0.4, -0.2) is 30.9 Å². The first-order chi connectivity index (χ1) is 9.61. The Morgan fingerprint density at radius 1 is 1.35 bits per heavy atom. The van der Waals surface area contributed by atoms with Gasteiger partial charge in [0.25, 0.3) is 0 Å². The monoisotopic (exact) mass is 338 g/mol. The van der Waals surface area contributed by atoms with Gasteiger partial charge in [-0.1, -0.05) is 34.5 Å². The third-order valence-corrected chi connectivity index (χ3v) is 4.83. The van der Waals surface area contributed by atoms with E-state index in [9.17, 15) is 4.79 Å². The summed E-state index contributed by atoms with van der Waals surface area (Å²) in [5, 5.41) is 0. The molecular weight excluding hydrogens is 316 g/mol. The Balaban J connectivity index is 1.86. The van der Waals surface area contributed by atoms with E-state index in [-0.39, 0.29) is 11.8 Å². The van der Waals surface area contributed by atoms with E-state index in [2.05, 4.69) is 28.1 Å². The molecule has 1 amide bonds. The Morgan fingerprint density at radius 2 is 2.05 bits per heavy atom. The van der Waals surface area contributed by atoms with Gasteiger partial charge in [0, 0.05) is 24.0 Å². The second-order valence-electron chi connectivity index (χ2n) is 5.67. The zero-order valence-electron chi connectivity index (χ0n) is 12.0. The molecule has 1 aromatic rings. The van der Waals surface area contributed by atoms with E-state index in [1.807, 2.05) is 24.1 Å². The molecule has 0 bridgehead atoms. The van der Waals surface area contributed by atoms with Crippen molar-refractivity contribution in [3.05, 3.63) is 34.3 Å². The smallest absolute Gasteiger partial charge is 0.225 e. The van der Waals surface area contributed by atoms with Crippen LogP contribution in [0.3, 0.4) is 0 Å². The van der Waals surface area contributed by atoms with Crippen molar-refractivity contribution in [2.45, 2.75) is 25.7 Å². The molecular formula is C16H23BrN2O. The summed E-state index contributed by atoms with van der Waals surface area (Å²) >= 11 is 3.43. The lowest BCUT2D eigenvalue weighted by Crippen LogP contribution is -2.37. The van der Waals surface area contributed by atoms with E-state index >= 15 is 0 Å². The van der Waals surface area contributed by atoms with E-state index in [0.29, 0.717) is 12.5 Å². The number of nitrogens with zero attached hydrogens (tertiary/aromatic N) is 1. The summed E-state index contributed by atoms with van der Waals surface area (Å²) < 4.78 is 1.09. The van der Waals surface area contributed by atoms with Gasteiger partial charge in [-0.2, -0.15) is 0 Å². The highest BCUT2D eigenvalue weighted by Crippen LogP contribution is 2.32. The quantitative estimate of drug-likeness (QED) is 0.897. The summed E-state index contributed by atoms with van der Waals surface area (Å²) in [6.45, 7) is 1.41. The van der Waals surface area contributed by atoms with Crippen LogP contribution in [0, 0.1) is 11.8 Å². The topological polar surface area (TPSA) is 46.3 Å². The Labute approximate surface area is 129 Å². The Morgan fingerprint density at radius 3 is 2.70 bits per heavy atom. The van der Waals surface area contributed by atoms with Crippen LogP contribution in [0.25, 0.3) is 0 Å². The van der Waals surface area contributed by atoms with Crippen molar-refractivity contribution in [3.63, 3.8) is 0 Å². The molecule has 20 heavy (non-hydrogen) atoms. The summed E-state index contributed by atoms with van der Waals surface area (Å²) in [5.41, 5.74) is 7.03. The minimum atomic E-state index is 0.148. The molecule has 0 radical (unpaired) electrons. The molecule has 1 saturated carbocycles. The number of nitrogens with two attached hydrogens (primary N) is 1. The zero-order valence-corrected chi connectivity index (χ0v) is 13.6. The van der Waals surface area contributed by atoms with Gasteiger partial charge >= 0.3 is 0 Å². The maximum absolute atomic E-state index is 12.5. The van der Waals surface area contributed by atoms with Gasteiger partial charge < -0.3 is 10.6 Å². The fraction of sp³-hybridized carbons (Fsp3) is 0.562. The standard InChI is InChI=1S/C16H23BrN2O/c1-19(10-9-12-5-7-14(17)8-6-12)16(20)15-4-2-3-13(15)11-18/h5-8,13,15H,2-4,9-11,18H2,1H3/t13-,15-/m1/s1. The normalized spacial score (nSPS) is 21.9. The van der Waals surface area contributed by atoms with Crippen LogP contribution >= 0.6 is 15.9 Å². The molecule has 4 heteroatoms. The van der Waals surface area contributed by atoms with Crippen molar-refractivity contribution in [2.24, 2.45) is 17.6 Å². The number of benzene rings is 1. The molecule has 0 saturated heterocycles. The highest BCUT2D eigenvalue weighted by atomic mass is 79.9. The first kappa shape index (κ1) is 15.5. The molecule has 3 nitrogen and oxygen atoms in total. The average Bonchev–Trinajstić information content (AvgIpc) is 2.94. The lowest BCUT2D eigenvalue weighted by molar-refractivity contribution is -0.135. The van der Waals surface area contributed by atoms with Gasteiger partial charge in [0.2, 0.25) is 5.91 Å². The van der Waals surface area contributed by atoms with Crippen LogP contribution in [0.2, 0.25) is 0 Å². The minimum Gasteiger partial charge on any atom is -0.345 e. The van der Waals surface area contributed by atoms with Gasteiger partial charge in [0.15, 0.2) is 0 Å². The van der Waals surface area contributed by atoms with Crippen molar-refractivity contribution in [2.75, 3.05) is 20.1 Å². The van der Waals surface area contributed by atoms with Crippen LogP contribution < -0.4 is 5.73 Å². The second-order valence-corrected chi connectivity index (χ2v) is 6.59. The Bertz CT molecular complexity index is 446. The third kappa shape index (κ3) is 3.83. The average molecular weight is 339 g/mol. The van der Waals surface area contributed by atoms with E-state index in [1.54, 1.807) is 0 Å². The molecule has 0 unspecified atom stereocenters. The van der Waals surface area contributed by atoms with Gasteiger partial charge in [0.1, 0.15) is 0 Å². The molecule has 110 valence electrons. The third-order valence-electron chi connectivity index (χ3n) is 4.30. The summed E-state index contributed by atoms with van der Waals surface area (Å²) in [6.07, 6.45) is 4.14. The molecule has 1 fully saturated rings. The van der Waals surface area contributed by atoms with Crippen LogP contribution in [0.4, 0.5) is 0 Å². The molecule has 2 atom stereocenters. The molecule has 0 spiro atoms. The summed E-state index contributed by atoms with van der Waals surface area (Å²) in [7, 11) is 1.91. The van der Waals surface area contributed by atoms with Gasteiger partial charge in [-0.15, -0.1) is 0 Å². The number of carbonyl (C=O) groups is 1. The van der Waals surface area contributed by atoms with Crippen molar-refractivity contribution in [1.82, 2.24) is 4.90 Å². The predicted octanol–water partition coefficient (Wildman–Crippen LogP) is 2.83. The highest BCUT2D eigenvalue weighted by molar-refractivity contribution is 9.10. The van der Waals surface area contributed by atoms with Crippen LogP contribution in [-0.2, 0) is 11.2 Å². The Kier molecular flexibility index (Phi) is 5.61. The van der Waals surface area contributed by atoms with Gasteiger partial charge in [-0.25, -0.2) is 0 Å². The second kappa shape index (κ2) is 7.23.